The third kappa shape index (κ3) is 5.76. The Labute approximate surface area is 156 Å². The van der Waals surface area contributed by atoms with Crippen LogP contribution in [0.15, 0.2) is 18.2 Å². The van der Waals surface area contributed by atoms with Crippen LogP contribution in [0.4, 0.5) is 0 Å². The monoisotopic (exact) mass is 372 g/mol. The van der Waals surface area contributed by atoms with Gasteiger partial charge in [0.05, 0.1) is 32.0 Å². The van der Waals surface area contributed by atoms with Gasteiger partial charge in [0.2, 0.25) is 5.91 Å². The maximum Gasteiger partial charge on any atom is 0.240 e. The second kappa shape index (κ2) is 9.85. The molecule has 142 valence electrons. The number of hydrogen-bond donors (Lipinski definition) is 2. The minimum Gasteiger partial charge on any atom is -0.493 e. The van der Waals surface area contributed by atoms with E-state index >= 15 is 0 Å². The molecule has 2 N–H and O–H groups in total. The topological polar surface area (TPSA) is 68.8 Å². The van der Waals surface area contributed by atoms with Crippen molar-refractivity contribution in [3.63, 3.8) is 0 Å². The molecule has 7 heteroatoms. The van der Waals surface area contributed by atoms with Crippen LogP contribution in [0.2, 0.25) is 0 Å². The lowest BCUT2D eigenvalue weighted by Gasteiger charge is -2.30. The van der Waals surface area contributed by atoms with E-state index in [-0.39, 0.29) is 42.6 Å². The molecule has 1 aromatic carbocycles. The summed E-state index contributed by atoms with van der Waals surface area (Å²) in [5, 5.41) is 6.23. The standard InChI is InChI=1S/C18H28N2O4.ClH/c1-11(2)24-15-7-6-14(10-16(15)22-5)12(3)20-18(21)17-13(4)23-9-8-19-17;/h6-7,10-13,17,19H,8-9H2,1-5H3,(H,20,21);1H/t12?,13-,17+;/m1./s1. The SMILES string of the molecule is COc1cc(C(C)NC(=O)[C@H]2NCCO[C@@H]2C)ccc1OC(C)C.Cl. The minimum absolute atomic E-state index is 0. The fourth-order valence-corrected chi connectivity index (χ4v) is 2.72. The molecule has 1 saturated heterocycles. The molecule has 0 spiro atoms. The molecule has 1 aromatic rings. The summed E-state index contributed by atoms with van der Waals surface area (Å²) in [4.78, 5) is 12.4. The Bertz CT molecular complexity index is 568. The Kier molecular flexibility index (Phi) is 8.48. The van der Waals surface area contributed by atoms with Gasteiger partial charge in [-0.3, -0.25) is 4.79 Å². The Morgan fingerprint density at radius 2 is 2.04 bits per heavy atom. The van der Waals surface area contributed by atoms with E-state index in [2.05, 4.69) is 10.6 Å². The summed E-state index contributed by atoms with van der Waals surface area (Å²) >= 11 is 0. The van der Waals surface area contributed by atoms with Gasteiger partial charge in [0.1, 0.15) is 6.04 Å². The number of carbonyl (C=O) groups is 1. The van der Waals surface area contributed by atoms with Crippen LogP contribution in [-0.4, -0.2) is 44.4 Å². The predicted octanol–water partition coefficient (Wildman–Crippen LogP) is 2.46. The van der Waals surface area contributed by atoms with Crippen molar-refractivity contribution in [2.24, 2.45) is 0 Å². The second-order valence-corrected chi connectivity index (χ2v) is 6.31. The van der Waals surface area contributed by atoms with Gasteiger partial charge >= 0.3 is 0 Å². The number of carbonyl (C=O) groups excluding carboxylic acids is 1. The van der Waals surface area contributed by atoms with E-state index in [9.17, 15) is 4.79 Å². The largest absolute Gasteiger partial charge is 0.493 e. The summed E-state index contributed by atoms with van der Waals surface area (Å²) in [5.41, 5.74) is 0.959. The van der Waals surface area contributed by atoms with Gasteiger partial charge < -0.3 is 24.8 Å². The summed E-state index contributed by atoms with van der Waals surface area (Å²) in [7, 11) is 1.61. The Morgan fingerprint density at radius 1 is 1.32 bits per heavy atom. The van der Waals surface area contributed by atoms with Crippen molar-refractivity contribution in [1.82, 2.24) is 10.6 Å². The maximum absolute atomic E-state index is 12.4. The van der Waals surface area contributed by atoms with Crippen molar-refractivity contribution in [3.05, 3.63) is 23.8 Å². The van der Waals surface area contributed by atoms with Crippen LogP contribution in [0.1, 0.15) is 39.3 Å². The van der Waals surface area contributed by atoms with E-state index in [1.165, 1.54) is 0 Å². The average molecular weight is 373 g/mol. The summed E-state index contributed by atoms with van der Waals surface area (Å²) in [5.74, 6) is 1.30. The number of ether oxygens (including phenoxy) is 3. The van der Waals surface area contributed by atoms with Gasteiger partial charge in [0.15, 0.2) is 11.5 Å². The van der Waals surface area contributed by atoms with Crippen LogP contribution in [0.5, 0.6) is 11.5 Å². The Hall–Kier alpha value is -1.50. The van der Waals surface area contributed by atoms with Crippen LogP contribution in [0.25, 0.3) is 0 Å². The molecule has 2 rings (SSSR count). The number of hydrogen-bond acceptors (Lipinski definition) is 5. The molecule has 0 bridgehead atoms. The van der Waals surface area contributed by atoms with Gasteiger partial charge in [0, 0.05) is 6.54 Å². The summed E-state index contributed by atoms with van der Waals surface area (Å²) in [6.07, 6.45) is -0.0666. The first kappa shape index (κ1) is 21.5. The predicted molar refractivity (Wildman–Crippen MR) is 99.8 cm³/mol. The molecule has 1 aliphatic heterocycles. The molecule has 25 heavy (non-hydrogen) atoms. The third-order valence-electron chi connectivity index (χ3n) is 4.01. The van der Waals surface area contributed by atoms with Gasteiger partial charge in [-0.15, -0.1) is 12.4 Å². The maximum atomic E-state index is 12.4. The van der Waals surface area contributed by atoms with Crippen molar-refractivity contribution < 1.29 is 19.0 Å². The number of amides is 1. The molecule has 0 saturated carbocycles. The Morgan fingerprint density at radius 3 is 2.64 bits per heavy atom. The molecule has 1 unspecified atom stereocenters. The molecule has 0 aromatic heterocycles. The summed E-state index contributed by atoms with van der Waals surface area (Å²) < 4.78 is 16.7. The zero-order valence-electron chi connectivity index (χ0n) is 15.5. The molecule has 0 radical (unpaired) electrons. The lowest BCUT2D eigenvalue weighted by Crippen LogP contribution is -2.55. The van der Waals surface area contributed by atoms with Crippen molar-refractivity contribution >= 4 is 18.3 Å². The minimum atomic E-state index is -0.327. The van der Waals surface area contributed by atoms with Crippen LogP contribution in [-0.2, 0) is 9.53 Å². The van der Waals surface area contributed by atoms with Crippen molar-refractivity contribution in [2.45, 2.75) is 52.0 Å². The first-order chi connectivity index (χ1) is 11.4. The molecular weight excluding hydrogens is 344 g/mol. The first-order valence-electron chi connectivity index (χ1n) is 8.42. The van der Waals surface area contributed by atoms with E-state index < -0.39 is 0 Å². The number of halogens is 1. The van der Waals surface area contributed by atoms with E-state index in [1.54, 1.807) is 7.11 Å². The number of morpholine rings is 1. The number of nitrogens with one attached hydrogen (secondary N) is 2. The highest BCUT2D eigenvalue weighted by atomic mass is 35.5. The zero-order chi connectivity index (χ0) is 17.7. The molecule has 0 aliphatic carbocycles. The first-order valence-corrected chi connectivity index (χ1v) is 8.42. The lowest BCUT2D eigenvalue weighted by molar-refractivity contribution is -0.129. The highest BCUT2D eigenvalue weighted by Gasteiger charge is 2.29. The van der Waals surface area contributed by atoms with E-state index in [0.717, 1.165) is 5.56 Å². The third-order valence-corrected chi connectivity index (χ3v) is 4.01. The fourth-order valence-electron chi connectivity index (χ4n) is 2.72. The molecule has 6 nitrogen and oxygen atoms in total. The van der Waals surface area contributed by atoms with Crippen molar-refractivity contribution in [2.75, 3.05) is 20.3 Å². The van der Waals surface area contributed by atoms with Gasteiger partial charge in [0.25, 0.3) is 0 Å². The lowest BCUT2D eigenvalue weighted by atomic mass is 10.1. The summed E-state index contributed by atoms with van der Waals surface area (Å²) in [6.45, 7) is 9.11. The average Bonchev–Trinajstić information content (AvgIpc) is 2.54. The van der Waals surface area contributed by atoms with E-state index in [1.807, 2.05) is 45.9 Å². The molecule has 1 aliphatic rings. The van der Waals surface area contributed by atoms with Gasteiger partial charge in [-0.2, -0.15) is 0 Å². The normalized spacial score (nSPS) is 21.2. The van der Waals surface area contributed by atoms with Crippen molar-refractivity contribution in [1.29, 1.82) is 0 Å². The molecule has 3 atom stereocenters. The van der Waals surface area contributed by atoms with Crippen LogP contribution < -0.4 is 20.1 Å². The summed E-state index contributed by atoms with van der Waals surface area (Å²) in [6, 6.07) is 5.25. The fraction of sp³-hybridized carbons (Fsp3) is 0.611. The van der Waals surface area contributed by atoms with E-state index in [0.29, 0.717) is 24.7 Å². The zero-order valence-corrected chi connectivity index (χ0v) is 16.3. The molecular formula is C18H29ClN2O4. The number of rotatable bonds is 6. The quantitative estimate of drug-likeness (QED) is 0.802. The van der Waals surface area contributed by atoms with Gasteiger partial charge in [-0.25, -0.2) is 0 Å². The second-order valence-electron chi connectivity index (χ2n) is 6.31. The smallest absolute Gasteiger partial charge is 0.240 e. The molecule has 1 fully saturated rings. The number of benzene rings is 1. The molecule has 1 amide bonds. The van der Waals surface area contributed by atoms with Gasteiger partial charge in [-0.05, 0) is 45.4 Å². The molecule has 1 heterocycles. The highest BCUT2D eigenvalue weighted by molar-refractivity contribution is 5.85. The number of methoxy groups -OCH3 is 1. The van der Waals surface area contributed by atoms with Crippen molar-refractivity contribution in [3.8, 4) is 11.5 Å². The van der Waals surface area contributed by atoms with Crippen LogP contribution in [0, 0.1) is 0 Å². The van der Waals surface area contributed by atoms with Crippen LogP contribution in [0.3, 0.4) is 0 Å². The van der Waals surface area contributed by atoms with Crippen LogP contribution >= 0.6 is 12.4 Å². The Balaban J connectivity index is 0.00000312. The van der Waals surface area contributed by atoms with E-state index in [4.69, 9.17) is 14.2 Å². The highest BCUT2D eigenvalue weighted by Crippen LogP contribution is 2.31. The van der Waals surface area contributed by atoms with Gasteiger partial charge in [-0.1, -0.05) is 6.07 Å².